The van der Waals surface area contributed by atoms with Gasteiger partial charge in [-0.05, 0) is 154 Å². The van der Waals surface area contributed by atoms with Crippen LogP contribution in [0.5, 0.6) is 0 Å². The van der Waals surface area contributed by atoms with Gasteiger partial charge in [-0.25, -0.2) is 0 Å². The molecule has 0 aromatic rings. The van der Waals surface area contributed by atoms with E-state index in [0.29, 0.717) is 78.5 Å². The van der Waals surface area contributed by atoms with Gasteiger partial charge < -0.3 is 4.74 Å². The minimum atomic E-state index is -0.999. The van der Waals surface area contributed by atoms with Crippen molar-refractivity contribution in [2.45, 2.75) is 163 Å². The topological polar surface area (TPSA) is 119 Å². The number of rotatable bonds is 5. The Morgan fingerprint density at radius 1 is 0.660 bits per heavy atom. The average molecular weight is 729 g/mol. The molecule has 0 radical (unpaired) electrons. The van der Waals surface area contributed by atoms with E-state index in [4.69, 9.17) is 15.0 Å². The van der Waals surface area contributed by atoms with Gasteiger partial charge >= 0.3 is 5.97 Å². The summed E-state index contributed by atoms with van der Waals surface area (Å²) in [5.41, 5.74) is -1.88. The van der Waals surface area contributed by atoms with Crippen LogP contribution >= 0.6 is 0 Å². The average Bonchev–Trinajstić information content (AvgIpc) is 3.64. The van der Waals surface area contributed by atoms with Crippen molar-refractivity contribution in [3.05, 3.63) is 0 Å². The smallest absolute Gasteiger partial charge is 0.304 e. The Morgan fingerprint density at radius 3 is 2.00 bits per heavy atom. The highest BCUT2D eigenvalue weighted by molar-refractivity contribution is 5.91. The summed E-state index contributed by atoms with van der Waals surface area (Å²) in [6.45, 7) is 14.2. The zero-order valence-corrected chi connectivity index (χ0v) is 33.5. The van der Waals surface area contributed by atoms with Crippen LogP contribution in [0.25, 0.3) is 0 Å². The lowest BCUT2D eigenvalue weighted by molar-refractivity contribution is -0.187. The summed E-state index contributed by atoms with van der Waals surface area (Å²) in [5.74, 6) is 3.74. The van der Waals surface area contributed by atoms with E-state index in [1.165, 1.54) is 6.92 Å². The molecule has 0 saturated heterocycles. The van der Waals surface area contributed by atoms with E-state index in [1.54, 1.807) is 13.8 Å². The number of carbonyl (C=O) groups excluding carboxylic acids is 5. The zero-order valence-electron chi connectivity index (χ0n) is 33.5. The predicted molar refractivity (Wildman–Crippen MR) is 198 cm³/mol. The van der Waals surface area contributed by atoms with Gasteiger partial charge in [0.25, 0.3) is 0 Å². The monoisotopic (exact) mass is 728 g/mol. The Bertz CT molecular complexity index is 1690. The summed E-state index contributed by atoms with van der Waals surface area (Å²) < 4.78 is 6.17. The summed E-state index contributed by atoms with van der Waals surface area (Å²) in [6.07, 6.45) is 14.0. The molecule has 0 aliphatic heterocycles. The first-order valence-electron chi connectivity index (χ1n) is 21.6. The third kappa shape index (κ3) is 4.80. The van der Waals surface area contributed by atoms with Crippen molar-refractivity contribution >= 4 is 29.1 Å². The minimum Gasteiger partial charge on any atom is -0.436 e. The molecule has 9 rings (SSSR count). The summed E-state index contributed by atoms with van der Waals surface area (Å²) in [7, 11) is 0. The van der Waals surface area contributed by atoms with E-state index < -0.39 is 5.72 Å². The number of esters is 1. The predicted octanol–water partition coefficient (Wildman–Crippen LogP) is 8.92. The van der Waals surface area contributed by atoms with E-state index in [1.807, 2.05) is 0 Å². The summed E-state index contributed by atoms with van der Waals surface area (Å²) in [4.78, 5) is 66.7. The van der Waals surface area contributed by atoms with E-state index in [2.05, 4.69) is 27.7 Å². The maximum atomic E-state index is 14.3. The SMILES string of the molecule is CC(=O)O[C@]1(N=NC2CC[C@@]3(C)C(CCC4C3C(=O)C[C@@]3(C)C4CC[C@@H]3C(C)=O)C2)CC[C@@]2(C)C(CCC3C2C(=O)C[C@@]2(C)C3C[C@H]3C[C@]32C(C)=O)C1. The van der Waals surface area contributed by atoms with Crippen LogP contribution in [0.1, 0.15) is 151 Å². The van der Waals surface area contributed by atoms with Gasteiger partial charge in [0.15, 0.2) is 0 Å². The normalized spacial score (nSPS) is 55.1. The Hall–Kier alpha value is -2.25. The van der Waals surface area contributed by atoms with Gasteiger partial charge in [0.2, 0.25) is 5.72 Å². The maximum Gasteiger partial charge on any atom is 0.304 e. The molecule has 0 bridgehead atoms. The van der Waals surface area contributed by atoms with E-state index in [0.717, 1.165) is 77.0 Å². The van der Waals surface area contributed by atoms with E-state index in [9.17, 15) is 24.0 Å². The summed E-state index contributed by atoms with van der Waals surface area (Å²) in [6, 6.07) is 0.0404. The Labute approximate surface area is 316 Å². The molecular formula is C45H64N2O6. The highest BCUT2D eigenvalue weighted by Gasteiger charge is 2.78. The molecule has 0 aromatic carbocycles. The Kier molecular flexibility index (Phi) is 8.00. The molecule has 0 aromatic heterocycles. The molecule has 9 unspecified atom stereocenters. The van der Waals surface area contributed by atoms with Crippen LogP contribution in [0.2, 0.25) is 0 Å². The highest BCUT2D eigenvalue weighted by atomic mass is 16.6. The number of fused-ring (bicyclic) bond motifs is 12. The molecule has 9 aliphatic rings. The molecule has 8 nitrogen and oxygen atoms in total. The van der Waals surface area contributed by atoms with Gasteiger partial charge in [0.05, 0.1) is 6.04 Å². The fourth-order valence-corrected chi connectivity index (χ4v) is 17.3. The maximum absolute atomic E-state index is 14.3. The standard InChI is InChI=1S/C45H64N2O6/c1-24(48)33-12-13-34-31-10-8-27-18-30(14-15-40(27,4)38(31)36(51)22-42(33,34)6)46-47-44(53-26(3)50)17-16-41(5)28(20-44)9-11-32-35-19-29-21-45(29,25(2)49)43(35,7)23-37(52)39(32)41/h27-35,38-39H,8-23H2,1-7H3/t27?,28?,29-,30?,31?,32?,33+,34?,35?,38?,39?,40-,41-,42+,43-,44+,45-/m0/s1. The lowest BCUT2D eigenvalue weighted by Crippen LogP contribution is -2.60. The van der Waals surface area contributed by atoms with Crippen molar-refractivity contribution in [3.8, 4) is 0 Å². The molecule has 0 amide bonds. The van der Waals surface area contributed by atoms with Crippen LogP contribution in [-0.4, -0.2) is 40.9 Å². The van der Waals surface area contributed by atoms with E-state index >= 15 is 0 Å². The molecule has 290 valence electrons. The van der Waals surface area contributed by atoms with Crippen molar-refractivity contribution in [3.63, 3.8) is 0 Å². The fourth-order valence-electron chi connectivity index (χ4n) is 17.3. The third-order valence-electron chi connectivity index (χ3n) is 19.6. The van der Waals surface area contributed by atoms with Crippen LogP contribution in [0.3, 0.4) is 0 Å². The zero-order chi connectivity index (χ0) is 37.7. The Balaban J connectivity index is 0.909. The molecule has 0 spiro atoms. The quantitative estimate of drug-likeness (QED) is 0.206. The van der Waals surface area contributed by atoms with Gasteiger partial charge in [-0.3, -0.25) is 24.0 Å². The first-order valence-corrected chi connectivity index (χ1v) is 21.6. The van der Waals surface area contributed by atoms with Crippen molar-refractivity contribution in [2.24, 2.45) is 96.5 Å². The number of Topliss-reactive ketones (excluding diaryl/α,β-unsaturated/α-hetero) is 4. The van der Waals surface area contributed by atoms with Crippen LogP contribution in [0, 0.1) is 86.3 Å². The minimum absolute atomic E-state index is 0.00260. The lowest BCUT2D eigenvalue weighted by atomic mass is 9.43. The molecule has 17 atom stereocenters. The van der Waals surface area contributed by atoms with Crippen molar-refractivity contribution in [2.75, 3.05) is 0 Å². The second-order valence-corrected chi connectivity index (χ2v) is 21.6. The van der Waals surface area contributed by atoms with Crippen LogP contribution < -0.4 is 0 Å². The van der Waals surface area contributed by atoms with Gasteiger partial charge in [-0.1, -0.05) is 27.7 Å². The Morgan fingerprint density at radius 2 is 1.32 bits per heavy atom. The molecule has 0 heterocycles. The largest absolute Gasteiger partial charge is 0.436 e. The third-order valence-corrected chi connectivity index (χ3v) is 19.6. The van der Waals surface area contributed by atoms with Crippen molar-refractivity contribution in [1.82, 2.24) is 0 Å². The summed E-state index contributed by atoms with van der Waals surface area (Å²) in [5, 5.41) is 10.1. The number of ether oxygens (including phenoxy) is 1. The number of nitrogens with zero attached hydrogens (tertiary/aromatic N) is 2. The van der Waals surface area contributed by atoms with Crippen LogP contribution in [-0.2, 0) is 28.7 Å². The number of hydrogen-bond donors (Lipinski definition) is 0. The number of carbonyl (C=O) groups is 5. The highest BCUT2D eigenvalue weighted by Crippen LogP contribution is 2.80. The first-order chi connectivity index (χ1) is 24.9. The second kappa shape index (κ2) is 11.6. The van der Waals surface area contributed by atoms with Gasteiger partial charge in [-0.15, -0.1) is 5.11 Å². The van der Waals surface area contributed by atoms with Gasteiger partial charge in [0.1, 0.15) is 23.1 Å². The van der Waals surface area contributed by atoms with Crippen molar-refractivity contribution < 1.29 is 28.7 Å². The van der Waals surface area contributed by atoms with Gasteiger partial charge in [-0.2, -0.15) is 5.11 Å². The summed E-state index contributed by atoms with van der Waals surface area (Å²) >= 11 is 0. The second-order valence-electron chi connectivity index (χ2n) is 21.6. The fraction of sp³-hybridized carbons (Fsp3) is 0.889. The van der Waals surface area contributed by atoms with Crippen molar-refractivity contribution in [1.29, 1.82) is 0 Å². The van der Waals surface area contributed by atoms with E-state index in [-0.39, 0.29) is 68.5 Å². The molecular weight excluding hydrogens is 665 g/mol. The number of azo groups is 1. The molecule has 9 aliphatic carbocycles. The number of ketones is 4. The molecule has 9 fully saturated rings. The molecule has 8 heteroatoms. The lowest BCUT2D eigenvalue weighted by Gasteiger charge is -2.61. The molecule has 0 N–H and O–H groups in total. The number of hydrogen-bond acceptors (Lipinski definition) is 8. The molecule has 9 saturated carbocycles. The van der Waals surface area contributed by atoms with Gasteiger partial charge in [0, 0.05) is 55.8 Å². The van der Waals surface area contributed by atoms with Crippen LogP contribution in [0.4, 0.5) is 0 Å². The molecule has 53 heavy (non-hydrogen) atoms. The first kappa shape index (κ1) is 36.4. The van der Waals surface area contributed by atoms with Crippen LogP contribution in [0.15, 0.2) is 10.2 Å².